The smallest absolute Gasteiger partial charge is 0.185 e. The van der Waals surface area contributed by atoms with E-state index in [1.54, 1.807) is 11.3 Å². The number of hydrogen-bond donors (Lipinski definition) is 1. The first-order valence-corrected chi connectivity index (χ1v) is 8.68. The lowest BCUT2D eigenvalue weighted by Crippen LogP contribution is -2.47. The van der Waals surface area contributed by atoms with Crippen LogP contribution in [0.5, 0.6) is 0 Å². The zero-order valence-electron chi connectivity index (χ0n) is 12.3. The van der Waals surface area contributed by atoms with Crippen LogP contribution in [0.1, 0.15) is 36.8 Å². The largest absolute Gasteiger partial charge is 0.391 e. The molecule has 0 amide bonds. The number of aromatic nitrogens is 1. The molecule has 0 atom stereocenters. The first-order chi connectivity index (χ1) is 9.80. The summed E-state index contributed by atoms with van der Waals surface area (Å²) in [6.45, 7) is 8.08. The third-order valence-electron chi connectivity index (χ3n) is 4.25. The highest BCUT2D eigenvalue weighted by Gasteiger charge is 2.27. The van der Waals surface area contributed by atoms with Crippen LogP contribution >= 0.6 is 11.3 Å². The number of hydrogen-bond acceptors (Lipinski definition) is 5. The number of thiazole rings is 1. The van der Waals surface area contributed by atoms with Crippen molar-refractivity contribution in [3.8, 4) is 0 Å². The molecule has 1 N–H and O–H groups in total. The Balaban J connectivity index is 1.59. The molecule has 1 aromatic rings. The molecule has 0 aromatic carbocycles. The maximum Gasteiger partial charge on any atom is 0.185 e. The molecule has 2 aliphatic rings. The van der Waals surface area contributed by atoms with Gasteiger partial charge in [0.15, 0.2) is 5.13 Å². The van der Waals surface area contributed by atoms with E-state index < -0.39 is 0 Å². The highest BCUT2D eigenvalue weighted by Crippen LogP contribution is 2.31. The van der Waals surface area contributed by atoms with Crippen LogP contribution in [0.2, 0.25) is 0 Å². The molecule has 2 fully saturated rings. The zero-order valence-corrected chi connectivity index (χ0v) is 13.2. The lowest BCUT2D eigenvalue weighted by molar-refractivity contribution is 0.248. The molecule has 1 aliphatic carbocycles. The van der Waals surface area contributed by atoms with E-state index in [2.05, 4.69) is 16.7 Å². The third kappa shape index (κ3) is 3.32. The van der Waals surface area contributed by atoms with E-state index in [9.17, 15) is 5.11 Å². The van der Waals surface area contributed by atoms with Gasteiger partial charge in [-0.1, -0.05) is 24.7 Å². The number of aryl methyl sites for hydroxylation is 1. The van der Waals surface area contributed by atoms with Crippen LogP contribution in [-0.2, 0) is 13.0 Å². The van der Waals surface area contributed by atoms with Gasteiger partial charge in [-0.2, -0.15) is 0 Å². The molecule has 5 heteroatoms. The predicted octanol–water partition coefficient (Wildman–Crippen LogP) is 2.12. The molecule has 1 aliphatic heterocycles. The molecule has 1 saturated carbocycles. The molecular formula is C15H25N3OS. The zero-order chi connectivity index (χ0) is 13.9. The van der Waals surface area contributed by atoms with Crippen molar-refractivity contribution in [1.82, 2.24) is 9.88 Å². The Morgan fingerprint density at radius 1 is 1.25 bits per heavy atom. The van der Waals surface area contributed by atoms with E-state index in [0.29, 0.717) is 0 Å². The van der Waals surface area contributed by atoms with E-state index in [-0.39, 0.29) is 6.61 Å². The van der Waals surface area contributed by atoms with Crippen molar-refractivity contribution in [2.45, 2.75) is 39.2 Å². The predicted molar refractivity (Wildman–Crippen MR) is 83.4 cm³/mol. The second-order valence-electron chi connectivity index (χ2n) is 6.01. The minimum absolute atomic E-state index is 0.134. The van der Waals surface area contributed by atoms with E-state index >= 15 is 0 Å². The molecule has 0 spiro atoms. The maximum atomic E-state index is 9.45. The van der Waals surface area contributed by atoms with Gasteiger partial charge in [-0.3, -0.25) is 4.90 Å². The molecule has 20 heavy (non-hydrogen) atoms. The second kappa shape index (κ2) is 6.41. The van der Waals surface area contributed by atoms with Crippen molar-refractivity contribution in [1.29, 1.82) is 0 Å². The maximum absolute atomic E-state index is 9.45. The average Bonchev–Trinajstić information content (AvgIpc) is 3.18. The third-order valence-corrected chi connectivity index (χ3v) is 5.40. The lowest BCUT2D eigenvalue weighted by Gasteiger charge is -2.34. The minimum atomic E-state index is 0.134. The van der Waals surface area contributed by atoms with Gasteiger partial charge in [0.05, 0.1) is 17.2 Å². The quantitative estimate of drug-likeness (QED) is 0.872. The molecule has 3 rings (SSSR count). The summed E-state index contributed by atoms with van der Waals surface area (Å²) in [4.78, 5) is 10.8. The Kier molecular flexibility index (Phi) is 4.58. The van der Waals surface area contributed by atoms with Gasteiger partial charge >= 0.3 is 0 Å². The molecule has 1 saturated heterocycles. The summed E-state index contributed by atoms with van der Waals surface area (Å²) < 4.78 is 0. The number of anilines is 1. The van der Waals surface area contributed by atoms with Crippen molar-refractivity contribution in [3.05, 3.63) is 10.6 Å². The standard InChI is InChI=1S/C15H25N3OS/c1-2-3-13-14(11-19)20-15(16-13)18-8-6-17(7-9-18)10-12-4-5-12/h12,19H,2-11H2,1H3. The fourth-order valence-electron chi connectivity index (χ4n) is 2.85. The molecular weight excluding hydrogens is 270 g/mol. The van der Waals surface area contributed by atoms with Gasteiger partial charge in [-0.05, 0) is 25.2 Å². The van der Waals surface area contributed by atoms with Gasteiger partial charge < -0.3 is 10.0 Å². The van der Waals surface area contributed by atoms with Gasteiger partial charge in [0.2, 0.25) is 0 Å². The minimum Gasteiger partial charge on any atom is -0.391 e. The molecule has 0 bridgehead atoms. The number of rotatable bonds is 6. The second-order valence-corrected chi connectivity index (χ2v) is 7.07. The Labute approximate surface area is 125 Å². The van der Waals surface area contributed by atoms with Crippen LogP contribution in [0.4, 0.5) is 5.13 Å². The molecule has 4 nitrogen and oxygen atoms in total. The van der Waals surface area contributed by atoms with E-state index in [1.807, 2.05) is 0 Å². The number of aliphatic hydroxyl groups is 1. The first kappa shape index (κ1) is 14.3. The monoisotopic (exact) mass is 295 g/mol. The average molecular weight is 295 g/mol. The summed E-state index contributed by atoms with van der Waals surface area (Å²) in [5, 5.41) is 10.6. The van der Waals surface area contributed by atoms with Gasteiger partial charge in [0, 0.05) is 32.7 Å². The topological polar surface area (TPSA) is 39.6 Å². The Hall–Kier alpha value is -0.650. The van der Waals surface area contributed by atoms with Crippen molar-refractivity contribution >= 4 is 16.5 Å². The summed E-state index contributed by atoms with van der Waals surface area (Å²) in [5.41, 5.74) is 1.11. The number of piperazine rings is 1. The molecule has 112 valence electrons. The Morgan fingerprint density at radius 3 is 2.60 bits per heavy atom. The van der Waals surface area contributed by atoms with Crippen LogP contribution in [0, 0.1) is 5.92 Å². The number of nitrogens with zero attached hydrogens (tertiary/aromatic N) is 3. The molecule has 2 heterocycles. The van der Waals surface area contributed by atoms with Crippen molar-refractivity contribution in [2.24, 2.45) is 5.92 Å². The number of aliphatic hydroxyl groups excluding tert-OH is 1. The highest BCUT2D eigenvalue weighted by atomic mass is 32.1. The van der Waals surface area contributed by atoms with E-state index in [1.165, 1.54) is 19.4 Å². The Bertz CT molecular complexity index is 436. The molecule has 0 radical (unpaired) electrons. The van der Waals surface area contributed by atoms with Crippen LogP contribution in [-0.4, -0.2) is 47.7 Å². The summed E-state index contributed by atoms with van der Waals surface area (Å²) >= 11 is 1.68. The van der Waals surface area contributed by atoms with Crippen molar-refractivity contribution in [3.63, 3.8) is 0 Å². The molecule has 0 unspecified atom stereocenters. The summed E-state index contributed by atoms with van der Waals surface area (Å²) in [5.74, 6) is 0.985. The molecule has 1 aromatic heterocycles. The first-order valence-electron chi connectivity index (χ1n) is 7.87. The Morgan fingerprint density at radius 2 is 2.00 bits per heavy atom. The van der Waals surface area contributed by atoms with Crippen LogP contribution in [0.25, 0.3) is 0 Å². The summed E-state index contributed by atoms with van der Waals surface area (Å²) in [6.07, 6.45) is 4.94. The fourth-order valence-corrected chi connectivity index (χ4v) is 3.87. The van der Waals surface area contributed by atoms with Gasteiger partial charge in [-0.15, -0.1) is 0 Å². The normalized spacial score (nSPS) is 20.6. The van der Waals surface area contributed by atoms with Gasteiger partial charge in [0.25, 0.3) is 0 Å². The van der Waals surface area contributed by atoms with E-state index in [4.69, 9.17) is 4.98 Å². The van der Waals surface area contributed by atoms with Crippen LogP contribution in [0.15, 0.2) is 0 Å². The summed E-state index contributed by atoms with van der Waals surface area (Å²) in [7, 11) is 0. The van der Waals surface area contributed by atoms with Crippen LogP contribution < -0.4 is 4.90 Å². The van der Waals surface area contributed by atoms with Crippen LogP contribution in [0.3, 0.4) is 0 Å². The van der Waals surface area contributed by atoms with Crippen molar-refractivity contribution in [2.75, 3.05) is 37.6 Å². The summed E-state index contributed by atoms with van der Waals surface area (Å²) in [6, 6.07) is 0. The lowest BCUT2D eigenvalue weighted by atomic mass is 10.2. The van der Waals surface area contributed by atoms with E-state index in [0.717, 1.165) is 60.6 Å². The highest BCUT2D eigenvalue weighted by molar-refractivity contribution is 7.15. The van der Waals surface area contributed by atoms with Gasteiger partial charge in [0.1, 0.15) is 0 Å². The fraction of sp³-hybridized carbons (Fsp3) is 0.800. The SMILES string of the molecule is CCCc1nc(N2CCN(CC3CC3)CC2)sc1CO. The van der Waals surface area contributed by atoms with Gasteiger partial charge in [-0.25, -0.2) is 4.98 Å². The van der Waals surface area contributed by atoms with Crippen molar-refractivity contribution < 1.29 is 5.11 Å².